The molecule has 0 spiro atoms. The van der Waals surface area contributed by atoms with Gasteiger partial charge < -0.3 is 4.74 Å². The van der Waals surface area contributed by atoms with E-state index in [9.17, 15) is 14.4 Å². The van der Waals surface area contributed by atoms with E-state index in [2.05, 4.69) is 0 Å². The van der Waals surface area contributed by atoms with Gasteiger partial charge in [0.15, 0.2) is 17.9 Å². The topological polar surface area (TPSA) is 60.4 Å². The summed E-state index contributed by atoms with van der Waals surface area (Å²) in [6.45, 7) is 4.77. The molecule has 1 rings (SSSR count). The summed E-state index contributed by atoms with van der Waals surface area (Å²) < 4.78 is 5.21. The van der Waals surface area contributed by atoms with Gasteiger partial charge in [0.05, 0.1) is 5.56 Å². The predicted octanol–water partition coefficient (Wildman–Crippen LogP) is 2.31. The number of carbonyl (C=O) groups is 3. The fourth-order valence-electron chi connectivity index (χ4n) is 1.61. The van der Waals surface area contributed by atoms with Crippen LogP contribution in [0.2, 0.25) is 0 Å². The van der Waals surface area contributed by atoms with Crippen LogP contribution in [0.4, 0.5) is 0 Å². The molecule has 0 aliphatic carbocycles. The van der Waals surface area contributed by atoms with Crippen molar-refractivity contribution in [2.75, 3.05) is 6.61 Å². The molecule has 0 atom stereocenters. The van der Waals surface area contributed by atoms with E-state index in [4.69, 9.17) is 4.74 Å². The standard InChI is InChI=1S/C14H16O4/c1-9(2)14(17)13-11(10(3)16)5-4-6-12(13)18-8-7-15/h4-7,9H,8H2,1-3H3. The average Bonchev–Trinajstić information content (AvgIpc) is 2.34. The van der Waals surface area contributed by atoms with E-state index >= 15 is 0 Å². The average molecular weight is 248 g/mol. The second-order valence-electron chi connectivity index (χ2n) is 4.23. The summed E-state index contributed by atoms with van der Waals surface area (Å²) in [5, 5.41) is 0. The zero-order chi connectivity index (χ0) is 13.7. The summed E-state index contributed by atoms with van der Waals surface area (Å²) in [5.41, 5.74) is 0.596. The Hall–Kier alpha value is -1.97. The van der Waals surface area contributed by atoms with Crippen LogP contribution in [0.25, 0.3) is 0 Å². The van der Waals surface area contributed by atoms with Gasteiger partial charge >= 0.3 is 0 Å². The Balaban J connectivity index is 3.33. The van der Waals surface area contributed by atoms with E-state index in [-0.39, 0.29) is 35.4 Å². The van der Waals surface area contributed by atoms with Crippen molar-refractivity contribution in [2.45, 2.75) is 20.8 Å². The molecule has 0 amide bonds. The lowest BCUT2D eigenvalue weighted by Gasteiger charge is -2.13. The summed E-state index contributed by atoms with van der Waals surface area (Å²) in [4.78, 5) is 34.0. The van der Waals surface area contributed by atoms with E-state index in [1.54, 1.807) is 32.0 Å². The molecule has 0 fully saturated rings. The van der Waals surface area contributed by atoms with Crippen LogP contribution in [0.15, 0.2) is 18.2 Å². The van der Waals surface area contributed by atoms with Crippen LogP contribution in [0.3, 0.4) is 0 Å². The van der Waals surface area contributed by atoms with Crippen molar-refractivity contribution < 1.29 is 19.1 Å². The fourth-order valence-corrected chi connectivity index (χ4v) is 1.61. The molecule has 18 heavy (non-hydrogen) atoms. The van der Waals surface area contributed by atoms with Crippen molar-refractivity contribution in [3.8, 4) is 5.75 Å². The first kappa shape index (κ1) is 14.1. The highest BCUT2D eigenvalue weighted by Crippen LogP contribution is 2.26. The number of Topliss-reactive ketones (excluding diaryl/α,β-unsaturated/α-hetero) is 2. The molecule has 0 aromatic heterocycles. The minimum Gasteiger partial charge on any atom is -0.485 e. The van der Waals surface area contributed by atoms with Gasteiger partial charge in [-0.2, -0.15) is 0 Å². The second-order valence-corrected chi connectivity index (χ2v) is 4.23. The van der Waals surface area contributed by atoms with Crippen molar-refractivity contribution in [2.24, 2.45) is 5.92 Å². The SMILES string of the molecule is CC(=O)c1cccc(OCC=O)c1C(=O)C(C)C. The number of ketones is 2. The molecule has 0 aliphatic heterocycles. The number of benzene rings is 1. The van der Waals surface area contributed by atoms with Crippen LogP contribution < -0.4 is 4.74 Å². The molecule has 4 nitrogen and oxygen atoms in total. The zero-order valence-corrected chi connectivity index (χ0v) is 10.7. The number of ether oxygens (including phenoxy) is 1. The Morgan fingerprint density at radius 1 is 1.33 bits per heavy atom. The third kappa shape index (κ3) is 3.03. The lowest BCUT2D eigenvalue weighted by molar-refractivity contribution is -0.109. The Bertz CT molecular complexity index is 475. The van der Waals surface area contributed by atoms with Crippen LogP contribution in [0.5, 0.6) is 5.75 Å². The first-order valence-corrected chi connectivity index (χ1v) is 5.73. The first-order chi connectivity index (χ1) is 8.49. The number of aldehydes is 1. The van der Waals surface area contributed by atoms with Crippen LogP contribution in [0, 0.1) is 5.92 Å². The maximum Gasteiger partial charge on any atom is 0.169 e. The predicted molar refractivity (Wildman–Crippen MR) is 67.2 cm³/mol. The summed E-state index contributed by atoms with van der Waals surface area (Å²) in [6, 6.07) is 4.81. The van der Waals surface area contributed by atoms with E-state index in [0.29, 0.717) is 11.8 Å². The second kappa shape index (κ2) is 6.10. The van der Waals surface area contributed by atoms with Gasteiger partial charge in [-0.15, -0.1) is 0 Å². The molecule has 4 heteroatoms. The summed E-state index contributed by atoms with van der Waals surface area (Å²) in [6.07, 6.45) is 0.601. The van der Waals surface area contributed by atoms with Gasteiger partial charge in [0.2, 0.25) is 0 Å². The maximum atomic E-state index is 12.1. The number of rotatable bonds is 6. The molecule has 0 N–H and O–H groups in total. The Morgan fingerprint density at radius 2 is 2.00 bits per heavy atom. The molecular formula is C14H16O4. The van der Waals surface area contributed by atoms with Crippen LogP contribution in [-0.2, 0) is 4.79 Å². The minimum atomic E-state index is -0.246. The van der Waals surface area contributed by atoms with Crippen LogP contribution >= 0.6 is 0 Å². The molecule has 1 aromatic carbocycles. The number of carbonyl (C=O) groups excluding carboxylic acids is 3. The molecule has 0 saturated heterocycles. The van der Waals surface area contributed by atoms with Gasteiger partial charge in [0.25, 0.3) is 0 Å². The highest BCUT2D eigenvalue weighted by Gasteiger charge is 2.21. The van der Waals surface area contributed by atoms with Gasteiger partial charge in [-0.1, -0.05) is 26.0 Å². The van der Waals surface area contributed by atoms with Crippen molar-refractivity contribution in [3.05, 3.63) is 29.3 Å². The van der Waals surface area contributed by atoms with Gasteiger partial charge in [-0.3, -0.25) is 14.4 Å². The van der Waals surface area contributed by atoms with Crippen molar-refractivity contribution in [1.82, 2.24) is 0 Å². The van der Waals surface area contributed by atoms with E-state index in [1.165, 1.54) is 6.92 Å². The molecule has 96 valence electrons. The minimum absolute atomic E-state index is 0.139. The largest absolute Gasteiger partial charge is 0.485 e. The third-order valence-electron chi connectivity index (χ3n) is 2.48. The monoisotopic (exact) mass is 248 g/mol. The van der Waals surface area contributed by atoms with Crippen LogP contribution in [-0.4, -0.2) is 24.5 Å². The molecule has 0 heterocycles. The molecule has 0 unspecified atom stereocenters. The van der Waals surface area contributed by atoms with Crippen molar-refractivity contribution >= 4 is 17.9 Å². The maximum absolute atomic E-state index is 12.1. The van der Waals surface area contributed by atoms with E-state index in [0.717, 1.165) is 0 Å². The molecular weight excluding hydrogens is 232 g/mol. The molecule has 0 bridgehead atoms. The normalized spacial score (nSPS) is 10.2. The zero-order valence-electron chi connectivity index (χ0n) is 10.7. The highest BCUT2D eigenvalue weighted by molar-refractivity contribution is 6.10. The van der Waals surface area contributed by atoms with E-state index < -0.39 is 0 Å². The lowest BCUT2D eigenvalue weighted by Crippen LogP contribution is -2.15. The van der Waals surface area contributed by atoms with Gasteiger partial charge in [-0.05, 0) is 13.0 Å². The van der Waals surface area contributed by atoms with E-state index in [1.807, 2.05) is 0 Å². The van der Waals surface area contributed by atoms with Crippen LogP contribution in [0.1, 0.15) is 41.5 Å². The third-order valence-corrected chi connectivity index (χ3v) is 2.48. The molecule has 0 radical (unpaired) electrons. The number of hydrogen-bond donors (Lipinski definition) is 0. The Kier molecular flexibility index (Phi) is 4.77. The summed E-state index contributed by atoms with van der Waals surface area (Å²) in [5.74, 6) is -0.324. The fraction of sp³-hybridized carbons (Fsp3) is 0.357. The van der Waals surface area contributed by atoms with Crippen molar-refractivity contribution in [3.63, 3.8) is 0 Å². The lowest BCUT2D eigenvalue weighted by atomic mass is 9.94. The smallest absolute Gasteiger partial charge is 0.169 e. The Morgan fingerprint density at radius 3 is 2.50 bits per heavy atom. The highest BCUT2D eigenvalue weighted by atomic mass is 16.5. The quantitative estimate of drug-likeness (QED) is 0.572. The van der Waals surface area contributed by atoms with Gasteiger partial charge in [0, 0.05) is 11.5 Å². The van der Waals surface area contributed by atoms with Gasteiger partial charge in [0.1, 0.15) is 12.4 Å². The number of hydrogen-bond acceptors (Lipinski definition) is 4. The first-order valence-electron chi connectivity index (χ1n) is 5.73. The van der Waals surface area contributed by atoms with Gasteiger partial charge in [-0.25, -0.2) is 0 Å². The Labute approximate surface area is 106 Å². The molecule has 1 aromatic rings. The molecule has 0 aliphatic rings. The van der Waals surface area contributed by atoms with Crippen molar-refractivity contribution in [1.29, 1.82) is 0 Å². The summed E-state index contributed by atoms with van der Waals surface area (Å²) in [7, 11) is 0. The molecule has 0 saturated carbocycles. The summed E-state index contributed by atoms with van der Waals surface area (Å²) >= 11 is 0.